The zero-order chi connectivity index (χ0) is 14.5. The molecule has 1 heterocycles. The van der Waals surface area contributed by atoms with Gasteiger partial charge < -0.3 is 9.84 Å². The van der Waals surface area contributed by atoms with Gasteiger partial charge in [0.15, 0.2) is 0 Å². The first-order valence-electron chi connectivity index (χ1n) is 7.80. The van der Waals surface area contributed by atoms with Crippen molar-refractivity contribution in [2.24, 2.45) is 5.92 Å². The molecule has 0 amide bonds. The molecule has 3 heteroatoms. The molecule has 1 aliphatic rings. The highest BCUT2D eigenvalue weighted by Gasteiger charge is 2.25. The Kier molecular flexibility index (Phi) is 5.30. The molecule has 0 aromatic heterocycles. The van der Waals surface area contributed by atoms with E-state index in [-0.39, 0.29) is 0 Å². The SMILES string of the molecule is CCCOc1ccc(CN2CCCC(C)C2C)c(O)c1. The predicted octanol–water partition coefficient (Wildman–Crippen LogP) is 3.80. The van der Waals surface area contributed by atoms with E-state index in [0.717, 1.165) is 36.7 Å². The second-order valence-electron chi connectivity index (χ2n) is 5.97. The Labute approximate surface area is 122 Å². The molecule has 2 unspecified atom stereocenters. The van der Waals surface area contributed by atoms with Crippen LogP contribution in [0.4, 0.5) is 0 Å². The fourth-order valence-corrected chi connectivity index (χ4v) is 2.85. The van der Waals surface area contributed by atoms with E-state index in [2.05, 4.69) is 25.7 Å². The summed E-state index contributed by atoms with van der Waals surface area (Å²) in [5.74, 6) is 1.84. The van der Waals surface area contributed by atoms with Crippen molar-refractivity contribution in [3.63, 3.8) is 0 Å². The molecule has 1 aromatic rings. The van der Waals surface area contributed by atoms with Crippen LogP contribution in [-0.4, -0.2) is 29.2 Å². The molecule has 1 aliphatic heterocycles. The highest BCUT2D eigenvalue weighted by atomic mass is 16.5. The summed E-state index contributed by atoms with van der Waals surface area (Å²) >= 11 is 0. The normalized spacial score (nSPS) is 23.8. The predicted molar refractivity (Wildman–Crippen MR) is 82.2 cm³/mol. The van der Waals surface area contributed by atoms with Gasteiger partial charge in [0.25, 0.3) is 0 Å². The Balaban J connectivity index is 2.02. The number of rotatable bonds is 5. The second kappa shape index (κ2) is 6.98. The lowest BCUT2D eigenvalue weighted by atomic mass is 9.91. The van der Waals surface area contributed by atoms with Gasteiger partial charge in [-0.05, 0) is 44.7 Å². The van der Waals surface area contributed by atoms with E-state index in [4.69, 9.17) is 4.74 Å². The monoisotopic (exact) mass is 277 g/mol. The van der Waals surface area contributed by atoms with Gasteiger partial charge in [-0.1, -0.05) is 19.9 Å². The number of nitrogens with zero attached hydrogens (tertiary/aromatic N) is 1. The summed E-state index contributed by atoms with van der Waals surface area (Å²) < 4.78 is 5.55. The zero-order valence-corrected chi connectivity index (χ0v) is 12.9. The van der Waals surface area contributed by atoms with Crippen molar-refractivity contribution in [2.75, 3.05) is 13.2 Å². The van der Waals surface area contributed by atoms with Gasteiger partial charge in [-0.25, -0.2) is 0 Å². The Morgan fingerprint density at radius 3 is 2.85 bits per heavy atom. The van der Waals surface area contributed by atoms with Crippen LogP contribution in [0.3, 0.4) is 0 Å². The van der Waals surface area contributed by atoms with Crippen LogP contribution in [0.25, 0.3) is 0 Å². The lowest BCUT2D eigenvalue weighted by molar-refractivity contribution is 0.105. The number of phenols is 1. The Bertz CT molecular complexity index is 433. The van der Waals surface area contributed by atoms with E-state index < -0.39 is 0 Å². The number of aromatic hydroxyl groups is 1. The van der Waals surface area contributed by atoms with Crippen molar-refractivity contribution in [1.29, 1.82) is 0 Å². The first kappa shape index (κ1) is 15.2. The minimum atomic E-state index is 0.351. The van der Waals surface area contributed by atoms with E-state index in [9.17, 15) is 5.11 Å². The molecule has 0 aliphatic carbocycles. The van der Waals surface area contributed by atoms with Crippen molar-refractivity contribution in [1.82, 2.24) is 4.90 Å². The molecule has 0 bridgehead atoms. The van der Waals surface area contributed by atoms with Gasteiger partial charge in [0.2, 0.25) is 0 Å². The molecule has 20 heavy (non-hydrogen) atoms. The van der Waals surface area contributed by atoms with Crippen LogP contribution >= 0.6 is 0 Å². The molecule has 2 rings (SSSR count). The fraction of sp³-hybridized carbons (Fsp3) is 0.647. The first-order chi connectivity index (χ1) is 9.61. The van der Waals surface area contributed by atoms with Gasteiger partial charge in [0.05, 0.1) is 6.61 Å². The average Bonchev–Trinajstić information content (AvgIpc) is 2.44. The summed E-state index contributed by atoms with van der Waals surface area (Å²) in [4.78, 5) is 2.47. The maximum absolute atomic E-state index is 10.2. The molecular formula is C17H27NO2. The third kappa shape index (κ3) is 3.66. The number of hydrogen-bond acceptors (Lipinski definition) is 3. The number of ether oxygens (including phenoxy) is 1. The van der Waals surface area contributed by atoms with Gasteiger partial charge in [0, 0.05) is 24.2 Å². The summed E-state index contributed by atoms with van der Waals surface area (Å²) in [5.41, 5.74) is 0.995. The van der Waals surface area contributed by atoms with E-state index in [1.54, 1.807) is 6.07 Å². The highest BCUT2D eigenvalue weighted by molar-refractivity contribution is 5.39. The van der Waals surface area contributed by atoms with Crippen molar-refractivity contribution in [2.45, 2.75) is 52.6 Å². The van der Waals surface area contributed by atoms with E-state index in [1.807, 2.05) is 12.1 Å². The lowest BCUT2D eigenvalue weighted by Crippen LogP contribution is -2.41. The van der Waals surface area contributed by atoms with E-state index in [0.29, 0.717) is 18.4 Å². The lowest BCUT2D eigenvalue weighted by Gasteiger charge is -2.38. The van der Waals surface area contributed by atoms with Gasteiger partial charge in [0.1, 0.15) is 11.5 Å². The minimum absolute atomic E-state index is 0.351. The summed E-state index contributed by atoms with van der Waals surface area (Å²) in [5, 5.41) is 10.2. The van der Waals surface area contributed by atoms with Crippen LogP contribution in [0.5, 0.6) is 11.5 Å². The molecule has 112 valence electrons. The number of piperidine rings is 1. The topological polar surface area (TPSA) is 32.7 Å². The largest absolute Gasteiger partial charge is 0.507 e. The smallest absolute Gasteiger partial charge is 0.123 e. The minimum Gasteiger partial charge on any atom is -0.507 e. The molecule has 1 saturated heterocycles. The fourth-order valence-electron chi connectivity index (χ4n) is 2.85. The second-order valence-corrected chi connectivity index (χ2v) is 5.97. The van der Waals surface area contributed by atoms with Crippen molar-refractivity contribution >= 4 is 0 Å². The van der Waals surface area contributed by atoms with Crippen molar-refractivity contribution in [3.05, 3.63) is 23.8 Å². The summed E-state index contributed by atoms with van der Waals surface area (Å²) in [7, 11) is 0. The van der Waals surface area contributed by atoms with Crippen LogP contribution in [0.2, 0.25) is 0 Å². The summed E-state index contributed by atoms with van der Waals surface area (Å²) in [6.45, 7) is 9.33. The molecule has 0 radical (unpaired) electrons. The molecule has 1 N–H and O–H groups in total. The average molecular weight is 277 g/mol. The molecule has 2 atom stereocenters. The van der Waals surface area contributed by atoms with Crippen LogP contribution in [0.15, 0.2) is 18.2 Å². The zero-order valence-electron chi connectivity index (χ0n) is 12.9. The standard InChI is InChI=1S/C17H27NO2/c1-4-10-20-16-8-7-15(17(19)11-16)12-18-9-5-6-13(2)14(18)3/h7-8,11,13-14,19H,4-6,9-10,12H2,1-3H3. The van der Waals surface area contributed by atoms with Crippen LogP contribution in [-0.2, 0) is 6.54 Å². The van der Waals surface area contributed by atoms with Crippen LogP contribution in [0, 0.1) is 5.92 Å². The Morgan fingerprint density at radius 1 is 1.35 bits per heavy atom. The van der Waals surface area contributed by atoms with Gasteiger partial charge >= 0.3 is 0 Å². The van der Waals surface area contributed by atoms with Crippen molar-refractivity contribution in [3.8, 4) is 11.5 Å². The van der Waals surface area contributed by atoms with E-state index in [1.165, 1.54) is 12.8 Å². The maximum atomic E-state index is 10.2. The molecule has 1 fully saturated rings. The third-order valence-electron chi connectivity index (χ3n) is 4.41. The van der Waals surface area contributed by atoms with Gasteiger partial charge in [-0.3, -0.25) is 4.90 Å². The van der Waals surface area contributed by atoms with Crippen LogP contribution < -0.4 is 4.74 Å². The summed E-state index contributed by atoms with van der Waals surface area (Å²) in [6.07, 6.45) is 3.54. The van der Waals surface area contributed by atoms with E-state index >= 15 is 0 Å². The summed E-state index contributed by atoms with van der Waals surface area (Å²) in [6, 6.07) is 6.28. The van der Waals surface area contributed by atoms with Gasteiger partial charge in [-0.2, -0.15) is 0 Å². The van der Waals surface area contributed by atoms with Gasteiger partial charge in [-0.15, -0.1) is 0 Å². The first-order valence-corrected chi connectivity index (χ1v) is 7.80. The molecule has 0 saturated carbocycles. The molecular weight excluding hydrogens is 250 g/mol. The van der Waals surface area contributed by atoms with Crippen molar-refractivity contribution < 1.29 is 9.84 Å². The number of phenolic OH excluding ortho intramolecular Hbond substituents is 1. The maximum Gasteiger partial charge on any atom is 0.123 e. The molecule has 1 aromatic carbocycles. The molecule has 3 nitrogen and oxygen atoms in total. The highest BCUT2D eigenvalue weighted by Crippen LogP contribution is 2.29. The number of hydrogen-bond donors (Lipinski definition) is 1. The molecule has 0 spiro atoms. The van der Waals surface area contributed by atoms with Crippen LogP contribution in [0.1, 0.15) is 45.6 Å². The Hall–Kier alpha value is -1.22. The number of likely N-dealkylation sites (tertiary alicyclic amines) is 1. The third-order valence-corrected chi connectivity index (χ3v) is 4.41. The Morgan fingerprint density at radius 2 is 2.15 bits per heavy atom. The number of benzene rings is 1. The quantitative estimate of drug-likeness (QED) is 0.888.